The van der Waals surface area contributed by atoms with Gasteiger partial charge in [0.2, 0.25) is 0 Å². The van der Waals surface area contributed by atoms with Gasteiger partial charge >= 0.3 is 0 Å². The van der Waals surface area contributed by atoms with Crippen molar-refractivity contribution in [2.24, 2.45) is 0 Å². The van der Waals surface area contributed by atoms with Gasteiger partial charge in [0, 0.05) is 35.9 Å². The minimum absolute atomic E-state index is 0.129. The van der Waals surface area contributed by atoms with E-state index in [1.807, 2.05) is 18.3 Å². The normalized spacial score (nSPS) is 10.7. The highest BCUT2D eigenvalue weighted by molar-refractivity contribution is 5.61. The van der Waals surface area contributed by atoms with Gasteiger partial charge in [-0.1, -0.05) is 0 Å². The number of aromatic amines is 1. The lowest BCUT2D eigenvalue weighted by atomic mass is 10.1. The van der Waals surface area contributed by atoms with Crippen LogP contribution in [0.3, 0.4) is 0 Å². The average Bonchev–Trinajstić information content (AvgIpc) is 3.05. The number of hydrogen-bond acceptors (Lipinski definition) is 4. The Morgan fingerprint density at radius 2 is 1.96 bits per heavy atom. The predicted molar refractivity (Wildman–Crippen MR) is 90.8 cm³/mol. The fourth-order valence-corrected chi connectivity index (χ4v) is 2.66. The van der Waals surface area contributed by atoms with Crippen molar-refractivity contribution in [3.63, 3.8) is 0 Å². The van der Waals surface area contributed by atoms with Crippen molar-refractivity contribution in [3.8, 4) is 17.0 Å². The largest absolute Gasteiger partial charge is 0.508 e. The van der Waals surface area contributed by atoms with E-state index < -0.39 is 0 Å². The Balaban J connectivity index is 1.62. The van der Waals surface area contributed by atoms with E-state index in [1.165, 1.54) is 12.3 Å². The van der Waals surface area contributed by atoms with Gasteiger partial charge < -0.3 is 10.1 Å². The van der Waals surface area contributed by atoms with Crippen molar-refractivity contribution in [3.05, 3.63) is 76.2 Å². The Morgan fingerprint density at radius 1 is 1.17 bits per heavy atom. The minimum atomic E-state index is -0.365. The number of phenols is 1. The summed E-state index contributed by atoms with van der Waals surface area (Å²) in [5, 5.41) is 20.3. The van der Waals surface area contributed by atoms with Gasteiger partial charge in [0.15, 0.2) is 0 Å². The molecule has 2 heterocycles. The van der Waals surface area contributed by atoms with E-state index in [-0.39, 0.29) is 16.4 Å². The van der Waals surface area contributed by atoms with Crippen molar-refractivity contribution in [1.82, 2.24) is 9.97 Å². The molecule has 0 aliphatic carbocycles. The summed E-state index contributed by atoms with van der Waals surface area (Å²) in [5.41, 5.74) is 3.92. The van der Waals surface area contributed by atoms with Gasteiger partial charge in [-0.25, -0.2) is 0 Å². The first kappa shape index (κ1) is 15.7. The van der Waals surface area contributed by atoms with Crippen LogP contribution in [-0.4, -0.2) is 20.0 Å². The molecular formula is C18H17N3O3. The van der Waals surface area contributed by atoms with Crippen LogP contribution in [0, 0.1) is 10.1 Å². The molecule has 0 atom stereocenters. The molecule has 3 aromatic rings. The number of benzene rings is 1. The number of nitrogens with zero attached hydrogens (tertiary/aromatic N) is 2. The highest BCUT2D eigenvalue weighted by atomic mass is 16.6. The van der Waals surface area contributed by atoms with Crippen LogP contribution in [0.1, 0.15) is 17.5 Å². The number of aryl methyl sites for hydroxylation is 2. The SMILES string of the molecule is O=[N+]([O-])c1ccncc1CCCc1c[nH]c(-c2ccc(O)cc2)c1. The second-order valence-corrected chi connectivity index (χ2v) is 5.58. The number of hydrogen-bond donors (Lipinski definition) is 2. The molecular weight excluding hydrogens is 306 g/mol. The van der Waals surface area contributed by atoms with Gasteiger partial charge in [0.1, 0.15) is 5.75 Å². The van der Waals surface area contributed by atoms with Gasteiger partial charge in [-0.05, 0) is 60.7 Å². The predicted octanol–water partition coefficient (Wildman–Crippen LogP) is 3.87. The molecule has 2 aromatic heterocycles. The molecule has 1 aromatic carbocycles. The first-order valence-electron chi connectivity index (χ1n) is 7.67. The number of nitro groups is 1. The van der Waals surface area contributed by atoms with Crippen molar-refractivity contribution in [2.75, 3.05) is 0 Å². The van der Waals surface area contributed by atoms with Crippen LogP contribution in [0.4, 0.5) is 5.69 Å². The molecule has 0 spiro atoms. The maximum Gasteiger partial charge on any atom is 0.275 e. The van der Waals surface area contributed by atoms with Crippen LogP contribution in [0.2, 0.25) is 0 Å². The maximum atomic E-state index is 11.0. The summed E-state index contributed by atoms with van der Waals surface area (Å²) in [6, 6.07) is 10.5. The van der Waals surface area contributed by atoms with Gasteiger partial charge in [-0.2, -0.15) is 0 Å². The lowest BCUT2D eigenvalue weighted by Gasteiger charge is -2.01. The lowest BCUT2D eigenvalue weighted by Crippen LogP contribution is -1.97. The Labute approximate surface area is 139 Å². The molecule has 0 amide bonds. The highest BCUT2D eigenvalue weighted by Crippen LogP contribution is 2.23. The van der Waals surface area contributed by atoms with Gasteiger partial charge in [-0.15, -0.1) is 0 Å². The first-order chi connectivity index (χ1) is 11.6. The van der Waals surface area contributed by atoms with E-state index in [2.05, 4.69) is 16.0 Å². The molecule has 6 heteroatoms. The summed E-state index contributed by atoms with van der Waals surface area (Å²) in [6.07, 6.45) is 7.19. The third-order valence-electron chi connectivity index (χ3n) is 3.91. The summed E-state index contributed by atoms with van der Waals surface area (Å²) in [6.45, 7) is 0. The van der Waals surface area contributed by atoms with E-state index in [1.54, 1.807) is 18.3 Å². The number of rotatable bonds is 6. The zero-order valence-corrected chi connectivity index (χ0v) is 13.0. The molecule has 0 fully saturated rings. The summed E-state index contributed by atoms with van der Waals surface area (Å²) < 4.78 is 0. The number of aromatic hydroxyl groups is 1. The van der Waals surface area contributed by atoms with Crippen LogP contribution >= 0.6 is 0 Å². The monoisotopic (exact) mass is 323 g/mol. The summed E-state index contributed by atoms with van der Waals surface area (Å²) in [5.74, 6) is 0.239. The van der Waals surface area contributed by atoms with Crippen molar-refractivity contribution >= 4 is 5.69 Å². The highest BCUT2D eigenvalue weighted by Gasteiger charge is 2.12. The van der Waals surface area contributed by atoms with Gasteiger partial charge in [0.05, 0.1) is 4.92 Å². The first-order valence-corrected chi connectivity index (χ1v) is 7.67. The molecule has 3 rings (SSSR count). The topological polar surface area (TPSA) is 92.0 Å². The number of H-pyrrole nitrogens is 1. The molecule has 0 saturated carbocycles. The van der Waals surface area contributed by atoms with Gasteiger partial charge in [-0.3, -0.25) is 15.1 Å². The molecule has 0 radical (unpaired) electrons. The number of phenolic OH excluding ortho intramolecular Hbond substituents is 1. The molecule has 2 N–H and O–H groups in total. The van der Waals surface area contributed by atoms with Crippen molar-refractivity contribution < 1.29 is 10.0 Å². The number of aromatic nitrogens is 2. The standard InChI is InChI=1S/C18H17N3O3/c22-16-6-4-14(5-7-16)17-10-13(11-20-17)2-1-3-15-12-19-9-8-18(15)21(23)24/h4-12,20,22H,1-3H2. The summed E-state index contributed by atoms with van der Waals surface area (Å²) >= 11 is 0. The molecule has 0 aliphatic rings. The maximum absolute atomic E-state index is 11.0. The minimum Gasteiger partial charge on any atom is -0.508 e. The van der Waals surface area contributed by atoms with Gasteiger partial charge in [0.25, 0.3) is 5.69 Å². The number of nitrogens with one attached hydrogen (secondary N) is 1. The van der Waals surface area contributed by atoms with Crippen LogP contribution < -0.4 is 0 Å². The third kappa shape index (κ3) is 3.60. The summed E-state index contributed by atoms with van der Waals surface area (Å²) in [4.78, 5) is 17.8. The molecule has 0 bridgehead atoms. The molecule has 24 heavy (non-hydrogen) atoms. The van der Waals surface area contributed by atoms with E-state index in [4.69, 9.17) is 0 Å². The van der Waals surface area contributed by atoms with Crippen LogP contribution in [-0.2, 0) is 12.8 Å². The fraction of sp³-hybridized carbons (Fsp3) is 0.167. The Morgan fingerprint density at radius 3 is 2.71 bits per heavy atom. The van der Waals surface area contributed by atoms with E-state index >= 15 is 0 Å². The van der Waals surface area contributed by atoms with E-state index in [0.29, 0.717) is 12.0 Å². The molecule has 122 valence electrons. The zero-order valence-electron chi connectivity index (χ0n) is 13.0. The molecule has 0 aliphatic heterocycles. The Hall–Kier alpha value is -3.15. The van der Waals surface area contributed by atoms with Crippen LogP contribution in [0.15, 0.2) is 55.0 Å². The second kappa shape index (κ2) is 6.95. The van der Waals surface area contributed by atoms with Crippen molar-refractivity contribution in [2.45, 2.75) is 19.3 Å². The average molecular weight is 323 g/mol. The smallest absolute Gasteiger partial charge is 0.275 e. The number of pyridine rings is 1. The Bertz CT molecular complexity index is 841. The lowest BCUT2D eigenvalue weighted by molar-refractivity contribution is -0.385. The van der Waals surface area contributed by atoms with Crippen LogP contribution in [0.25, 0.3) is 11.3 Å². The summed E-state index contributed by atoms with van der Waals surface area (Å²) in [7, 11) is 0. The fourth-order valence-electron chi connectivity index (χ4n) is 2.66. The zero-order chi connectivity index (χ0) is 16.9. The molecule has 0 unspecified atom stereocenters. The molecule has 6 nitrogen and oxygen atoms in total. The van der Waals surface area contributed by atoms with Crippen molar-refractivity contribution in [1.29, 1.82) is 0 Å². The third-order valence-corrected chi connectivity index (χ3v) is 3.91. The second-order valence-electron chi connectivity index (χ2n) is 5.58. The molecule has 0 saturated heterocycles. The van der Waals surface area contributed by atoms with E-state index in [9.17, 15) is 15.2 Å². The quantitative estimate of drug-likeness (QED) is 0.532. The van der Waals surface area contributed by atoms with Crippen LogP contribution in [0.5, 0.6) is 5.75 Å². The van der Waals surface area contributed by atoms with E-state index in [0.717, 1.165) is 29.7 Å². The Kier molecular flexibility index (Phi) is 4.56.